The molecule has 62 heavy (non-hydrogen) atoms. The number of hydrogen-bond acceptors (Lipinski definition) is 10. The number of benzene rings is 2. The molecule has 3 aromatic rings. The zero-order chi connectivity index (χ0) is 43.6. The topological polar surface area (TPSA) is 167 Å². The van der Waals surface area contributed by atoms with Gasteiger partial charge < -0.3 is 43.7 Å². The number of oxazole rings is 1. The first kappa shape index (κ1) is 47.7. The zero-order valence-electron chi connectivity index (χ0n) is 36.5. The Bertz CT molecular complexity index is 2080. The second-order valence-corrected chi connectivity index (χ2v) is 16.9. The highest BCUT2D eigenvalue weighted by atomic mass is 16.6. The first-order chi connectivity index (χ1) is 29.3. The molecule has 16 heteroatoms. The average Bonchev–Trinajstić information content (AvgIpc) is 3.43. The molecule has 3 saturated heterocycles. The number of nitrogens with zero attached hydrogens (tertiary/aromatic N) is 6. The molecular formula is C46H67N7O9. The van der Waals surface area contributed by atoms with Crippen LogP contribution in [-0.2, 0) is 43.7 Å². The molecule has 5 heterocycles. The van der Waals surface area contributed by atoms with Crippen molar-refractivity contribution < 1.29 is 37.9 Å². The maximum absolute atomic E-state index is 13.8. The number of piperidine rings is 2. The van der Waals surface area contributed by atoms with Gasteiger partial charge in [-0.15, -0.1) is 0 Å². The summed E-state index contributed by atoms with van der Waals surface area (Å²) in [6, 6.07) is 11.4. The van der Waals surface area contributed by atoms with Crippen molar-refractivity contribution in [2.24, 2.45) is 13.0 Å². The number of aromatic nitrogens is 1. The number of likely N-dealkylation sites (tertiary alicyclic amines) is 2. The first-order valence-electron chi connectivity index (χ1n) is 21.9. The summed E-state index contributed by atoms with van der Waals surface area (Å²) >= 11 is 0. The van der Waals surface area contributed by atoms with Gasteiger partial charge in [0.1, 0.15) is 0 Å². The summed E-state index contributed by atoms with van der Waals surface area (Å²) in [7, 11) is 3.71. The highest BCUT2D eigenvalue weighted by molar-refractivity contribution is 5.91. The van der Waals surface area contributed by atoms with E-state index in [1.807, 2.05) is 61.0 Å². The van der Waals surface area contributed by atoms with Gasteiger partial charge in [-0.25, -0.2) is 14.4 Å². The van der Waals surface area contributed by atoms with Crippen molar-refractivity contribution in [3.05, 3.63) is 63.6 Å². The van der Waals surface area contributed by atoms with Crippen LogP contribution in [0.5, 0.6) is 0 Å². The summed E-state index contributed by atoms with van der Waals surface area (Å²) in [5.74, 6) is -0.311. The summed E-state index contributed by atoms with van der Waals surface area (Å²) in [4.78, 5) is 84.8. The number of rotatable bonds is 10. The van der Waals surface area contributed by atoms with Crippen LogP contribution >= 0.6 is 0 Å². The number of hydrogen-bond donors (Lipinski definition) is 1. The van der Waals surface area contributed by atoms with Crippen molar-refractivity contribution in [2.75, 3.05) is 77.9 Å². The van der Waals surface area contributed by atoms with Crippen LogP contribution in [0.25, 0.3) is 11.1 Å². The Morgan fingerprint density at radius 1 is 0.855 bits per heavy atom. The van der Waals surface area contributed by atoms with Gasteiger partial charge in [0.25, 0.3) is 5.91 Å². The molecule has 4 aliphatic rings. The number of amides is 5. The number of ether oxygens (including phenoxy) is 2. The van der Waals surface area contributed by atoms with Gasteiger partial charge in [-0.1, -0.05) is 45.5 Å². The van der Waals surface area contributed by atoms with Crippen molar-refractivity contribution in [3.8, 4) is 0 Å². The number of urea groups is 1. The molecule has 4 aliphatic heterocycles. The van der Waals surface area contributed by atoms with E-state index in [0.717, 1.165) is 74.2 Å². The van der Waals surface area contributed by atoms with Crippen LogP contribution < -0.4 is 11.1 Å². The van der Waals surface area contributed by atoms with Gasteiger partial charge in [-0.05, 0) is 87.2 Å². The van der Waals surface area contributed by atoms with E-state index < -0.39 is 18.0 Å². The minimum atomic E-state index is -1.00. The molecule has 340 valence electrons. The van der Waals surface area contributed by atoms with E-state index in [2.05, 4.69) is 17.1 Å². The van der Waals surface area contributed by atoms with E-state index >= 15 is 0 Å². The smallest absolute Gasteiger partial charge is 0.419 e. The quantitative estimate of drug-likeness (QED) is 0.260. The molecular weight excluding hydrogens is 795 g/mol. The molecule has 2 aromatic carbocycles. The first-order valence-corrected chi connectivity index (χ1v) is 21.9. The minimum absolute atomic E-state index is 0. The van der Waals surface area contributed by atoms with Gasteiger partial charge in [0.05, 0.1) is 18.5 Å². The molecule has 1 aromatic heterocycles. The number of para-hydroxylation sites is 1. The number of piperazine rings is 1. The summed E-state index contributed by atoms with van der Waals surface area (Å²) in [5, 5.41) is 3.03. The van der Waals surface area contributed by atoms with Gasteiger partial charge >= 0.3 is 23.8 Å². The van der Waals surface area contributed by atoms with Gasteiger partial charge in [0.2, 0.25) is 5.91 Å². The normalized spacial score (nSPS) is 18.1. The molecule has 0 unspecified atom stereocenters. The van der Waals surface area contributed by atoms with Crippen LogP contribution in [-0.4, -0.2) is 144 Å². The monoisotopic (exact) mass is 862 g/mol. The van der Waals surface area contributed by atoms with Gasteiger partial charge in [0, 0.05) is 90.5 Å². The Morgan fingerprint density at radius 2 is 1.53 bits per heavy atom. The molecule has 3 fully saturated rings. The average molecular weight is 862 g/mol. The maximum atomic E-state index is 13.8. The largest absolute Gasteiger partial charge is 0.466 e. The molecule has 1 N–H and O–H groups in total. The number of carbonyl (C=O) groups excluding carboxylic acids is 5. The standard InChI is InChI=1S/C33H41N5O6.C12H22N2O3.CH4/c1-21-8-13-36(14-9-21)30(39)28(20-23-18-22(2)29-27(19-23)43-32(41)35(29)3)44-33(42)37-15-11-25(12-16-37)38-17-10-24-6-4-5-7-26(24)34-31(38)40;1-3-10-17-12(16)5-4-11(15)14-8-6-13(2)7-9-14;/h4-7,18-19,21,25,28H,8-17,20H2,1-3H3,(H,34,40);3-10H2,1-2H3;1H4/t28-;;/m1../s1. The minimum Gasteiger partial charge on any atom is -0.466 e. The molecule has 5 amide bonds. The third-order valence-electron chi connectivity index (χ3n) is 12.3. The number of anilines is 1. The van der Waals surface area contributed by atoms with E-state index in [1.165, 1.54) is 4.57 Å². The summed E-state index contributed by atoms with van der Waals surface area (Å²) in [5.41, 5.74) is 4.72. The number of nitrogens with one attached hydrogen (secondary N) is 1. The molecule has 0 aliphatic carbocycles. The summed E-state index contributed by atoms with van der Waals surface area (Å²) < 4.78 is 17.8. The lowest BCUT2D eigenvalue weighted by atomic mass is 9.98. The van der Waals surface area contributed by atoms with Crippen LogP contribution in [0, 0.1) is 12.8 Å². The number of fused-ring (bicyclic) bond motifs is 2. The Labute approximate surface area is 365 Å². The lowest BCUT2D eigenvalue weighted by Gasteiger charge is -2.38. The third-order valence-corrected chi connectivity index (χ3v) is 12.3. The SMILES string of the molecule is C.CCCOC(=O)CCC(=O)N1CCN(C)CC1.Cc1cc(C[C@@H](OC(=O)N2CCC(N3CCc4ccccc4NC3=O)CC2)C(=O)N2CCC(C)CC2)cc2oc(=O)n(C)c12. The van der Waals surface area contributed by atoms with E-state index in [1.54, 1.807) is 22.9 Å². The van der Waals surface area contributed by atoms with E-state index in [0.29, 0.717) is 69.2 Å². The van der Waals surface area contributed by atoms with Crippen LogP contribution in [0.4, 0.5) is 15.3 Å². The lowest BCUT2D eigenvalue weighted by molar-refractivity contribution is -0.146. The van der Waals surface area contributed by atoms with Crippen molar-refractivity contribution >= 4 is 46.7 Å². The van der Waals surface area contributed by atoms with E-state index in [4.69, 9.17) is 13.9 Å². The highest BCUT2D eigenvalue weighted by Gasteiger charge is 2.35. The molecule has 16 nitrogen and oxygen atoms in total. The van der Waals surface area contributed by atoms with Crippen molar-refractivity contribution in [1.82, 2.24) is 29.1 Å². The Hall–Kier alpha value is -5.38. The fourth-order valence-corrected chi connectivity index (χ4v) is 8.53. The maximum Gasteiger partial charge on any atom is 0.419 e. The Morgan fingerprint density at radius 3 is 2.23 bits per heavy atom. The Kier molecular flexibility index (Phi) is 17.0. The number of esters is 1. The fraction of sp³-hybridized carbons (Fsp3) is 0.609. The number of carbonyl (C=O) groups is 5. The highest BCUT2D eigenvalue weighted by Crippen LogP contribution is 2.27. The van der Waals surface area contributed by atoms with Gasteiger partial charge in [-0.3, -0.25) is 19.0 Å². The van der Waals surface area contributed by atoms with Crippen molar-refractivity contribution in [3.63, 3.8) is 0 Å². The summed E-state index contributed by atoms with van der Waals surface area (Å²) in [6.45, 7) is 12.6. The predicted molar refractivity (Wildman–Crippen MR) is 237 cm³/mol. The van der Waals surface area contributed by atoms with Crippen LogP contribution in [0.15, 0.2) is 45.6 Å². The number of aryl methyl sites for hydroxylation is 2. The number of likely N-dealkylation sites (N-methyl/N-ethyl adjacent to an activating group) is 1. The third kappa shape index (κ3) is 12.2. The molecule has 0 bridgehead atoms. The van der Waals surface area contributed by atoms with Crippen LogP contribution in [0.2, 0.25) is 0 Å². The van der Waals surface area contributed by atoms with E-state index in [-0.39, 0.29) is 56.5 Å². The van der Waals surface area contributed by atoms with Crippen molar-refractivity contribution in [2.45, 2.75) is 98.1 Å². The van der Waals surface area contributed by atoms with E-state index in [9.17, 15) is 28.8 Å². The molecule has 1 atom stereocenters. The summed E-state index contributed by atoms with van der Waals surface area (Å²) in [6.07, 6.45) is 3.79. The predicted octanol–water partition coefficient (Wildman–Crippen LogP) is 5.43. The second-order valence-electron chi connectivity index (χ2n) is 16.9. The van der Waals surface area contributed by atoms with Gasteiger partial charge in [-0.2, -0.15) is 0 Å². The zero-order valence-corrected chi connectivity index (χ0v) is 36.5. The van der Waals surface area contributed by atoms with Crippen LogP contribution in [0.1, 0.15) is 82.9 Å². The molecule has 7 rings (SSSR count). The Balaban J connectivity index is 0.000000341. The molecule has 0 saturated carbocycles. The second kappa shape index (κ2) is 22.1. The molecule has 0 radical (unpaired) electrons. The van der Waals surface area contributed by atoms with Crippen molar-refractivity contribution in [1.29, 1.82) is 0 Å². The lowest BCUT2D eigenvalue weighted by Crippen LogP contribution is -2.51. The van der Waals surface area contributed by atoms with Crippen LogP contribution in [0.3, 0.4) is 0 Å². The van der Waals surface area contributed by atoms with Gasteiger partial charge in [0.15, 0.2) is 11.7 Å². The fourth-order valence-electron chi connectivity index (χ4n) is 8.53. The molecule has 0 spiro atoms.